The Labute approximate surface area is 160 Å². The number of halogens is 2. The molecular weight excluding hydrogens is 394 g/mol. The van der Waals surface area contributed by atoms with Gasteiger partial charge < -0.3 is 19.8 Å². The maximum absolute atomic E-state index is 13.5. The first-order valence-electron chi connectivity index (χ1n) is 7.79. The lowest BCUT2D eigenvalue weighted by Gasteiger charge is -2.07. The van der Waals surface area contributed by atoms with Gasteiger partial charge in [0.15, 0.2) is 12.4 Å². The van der Waals surface area contributed by atoms with E-state index in [1.54, 1.807) is 6.07 Å². The third-order valence-electron chi connectivity index (χ3n) is 3.33. The second-order valence-electron chi connectivity index (χ2n) is 5.34. The van der Waals surface area contributed by atoms with Crippen molar-refractivity contribution in [2.24, 2.45) is 0 Å². The second-order valence-corrected chi connectivity index (χ2v) is 6.43. The van der Waals surface area contributed by atoms with Crippen LogP contribution in [0.15, 0.2) is 53.1 Å². The van der Waals surface area contributed by atoms with Crippen molar-refractivity contribution in [3.8, 4) is 0 Å². The lowest BCUT2D eigenvalue weighted by atomic mass is 10.3. The van der Waals surface area contributed by atoms with Gasteiger partial charge in [-0.15, -0.1) is 11.3 Å². The van der Waals surface area contributed by atoms with Crippen molar-refractivity contribution in [3.05, 3.63) is 71.0 Å². The highest BCUT2D eigenvalue weighted by atomic mass is 32.1. The SMILES string of the molecule is O=C(COC(=O)c1ccc(NC(=O)c2ccco2)s1)Nc1ccc(F)cc1F. The van der Waals surface area contributed by atoms with E-state index >= 15 is 0 Å². The van der Waals surface area contributed by atoms with Crippen LogP contribution in [0.25, 0.3) is 0 Å². The molecule has 0 atom stereocenters. The molecule has 0 saturated heterocycles. The van der Waals surface area contributed by atoms with E-state index in [2.05, 4.69) is 10.6 Å². The Morgan fingerprint density at radius 3 is 2.61 bits per heavy atom. The Bertz CT molecular complexity index is 1020. The van der Waals surface area contributed by atoms with E-state index in [9.17, 15) is 23.2 Å². The van der Waals surface area contributed by atoms with Crippen molar-refractivity contribution in [1.82, 2.24) is 0 Å². The Morgan fingerprint density at radius 2 is 1.89 bits per heavy atom. The summed E-state index contributed by atoms with van der Waals surface area (Å²) in [5, 5.41) is 5.10. The first kappa shape index (κ1) is 19.2. The van der Waals surface area contributed by atoms with Gasteiger partial charge in [-0.25, -0.2) is 13.6 Å². The summed E-state index contributed by atoms with van der Waals surface area (Å²) in [6, 6.07) is 8.62. The monoisotopic (exact) mass is 406 g/mol. The van der Waals surface area contributed by atoms with Gasteiger partial charge in [-0.3, -0.25) is 9.59 Å². The summed E-state index contributed by atoms with van der Waals surface area (Å²) < 4.78 is 36.1. The topological polar surface area (TPSA) is 97.6 Å². The minimum absolute atomic E-state index is 0.113. The van der Waals surface area contributed by atoms with Crippen LogP contribution in [0, 0.1) is 11.6 Å². The standard InChI is InChI=1S/C18H12F2N2O5S/c19-10-3-4-12(11(20)8-10)21-15(23)9-27-18(25)14-5-6-16(28-14)22-17(24)13-2-1-7-26-13/h1-8H,9H2,(H,21,23)(H,22,24). The molecule has 10 heteroatoms. The highest BCUT2D eigenvalue weighted by Gasteiger charge is 2.16. The van der Waals surface area contributed by atoms with E-state index < -0.39 is 36.0 Å². The average molecular weight is 406 g/mol. The zero-order valence-corrected chi connectivity index (χ0v) is 14.8. The number of carbonyl (C=O) groups is 3. The summed E-state index contributed by atoms with van der Waals surface area (Å²) in [4.78, 5) is 35.8. The molecule has 2 heterocycles. The van der Waals surface area contributed by atoms with E-state index in [4.69, 9.17) is 9.15 Å². The summed E-state index contributed by atoms with van der Waals surface area (Å²) in [5.74, 6) is -3.68. The fourth-order valence-corrected chi connectivity index (χ4v) is 2.87. The molecular formula is C18H12F2N2O5S. The van der Waals surface area contributed by atoms with Crippen LogP contribution < -0.4 is 10.6 Å². The van der Waals surface area contributed by atoms with Gasteiger partial charge in [0.05, 0.1) is 17.0 Å². The molecule has 2 amide bonds. The van der Waals surface area contributed by atoms with Crippen LogP contribution in [0.1, 0.15) is 20.2 Å². The number of rotatable bonds is 6. The summed E-state index contributed by atoms with van der Waals surface area (Å²) in [7, 11) is 0. The lowest BCUT2D eigenvalue weighted by molar-refractivity contribution is -0.119. The molecule has 28 heavy (non-hydrogen) atoms. The van der Waals surface area contributed by atoms with Crippen LogP contribution in [-0.2, 0) is 9.53 Å². The molecule has 7 nitrogen and oxygen atoms in total. The summed E-state index contributed by atoms with van der Waals surface area (Å²) in [5.41, 5.74) is -0.235. The smallest absolute Gasteiger partial charge is 0.348 e. The first-order chi connectivity index (χ1) is 13.4. The van der Waals surface area contributed by atoms with E-state index in [1.807, 2.05) is 0 Å². The second kappa shape index (κ2) is 8.44. The first-order valence-corrected chi connectivity index (χ1v) is 8.61. The van der Waals surface area contributed by atoms with E-state index in [1.165, 1.54) is 24.5 Å². The molecule has 3 rings (SSSR count). The quantitative estimate of drug-likeness (QED) is 0.609. The van der Waals surface area contributed by atoms with Gasteiger partial charge in [0.1, 0.15) is 16.5 Å². The van der Waals surface area contributed by atoms with Crippen LogP contribution in [0.5, 0.6) is 0 Å². The zero-order chi connectivity index (χ0) is 20.1. The molecule has 2 N–H and O–H groups in total. The Morgan fingerprint density at radius 1 is 1.07 bits per heavy atom. The summed E-state index contributed by atoms with van der Waals surface area (Å²) in [6.45, 7) is -0.665. The van der Waals surface area contributed by atoms with Gasteiger partial charge in [0.25, 0.3) is 11.8 Å². The van der Waals surface area contributed by atoms with Crippen molar-refractivity contribution in [1.29, 1.82) is 0 Å². The number of furan rings is 1. The van der Waals surface area contributed by atoms with Crippen molar-refractivity contribution in [2.75, 3.05) is 17.2 Å². The molecule has 0 saturated carbocycles. The normalized spacial score (nSPS) is 10.4. The van der Waals surface area contributed by atoms with Crippen molar-refractivity contribution >= 4 is 39.8 Å². The third kappa shape index (κ3) is 4.80. The fraction of sp³-hybridized carbons (Fsp3) is 0.0556. The molecule has 0 aliphatic rings. The number of carbonyl (C=O) groups excluding carboxylic acids is 3. The van der Waals surface area contributed by atoms with Gasteiger partial charge in [0.2, 0.25) is 0 Å². The molecule has 0 fully saturated rings. The minimum Gasteiger partial charge on any atom is -0.459 e. The van der Waals surface area contributed by atoms with Crippen LogP contribution >= 0.6 is 11.3 Å². The maximum Gasteiger partial charge on any atom is 0.348 e. The van der Waals surface area contributed by atoms with E-state index in [0.29, 0.717) is 11.1 Å². The summed E-state index contributed by atoms with van der Waals surface area (Å²) >= 11 is 0.945. The summed E-state index contributed by atoms with van der Waals surface area (Å²) in [6.07, 6.45) is 1.36. The van der Waals surface area contributed by atoms with Gasteiger partial charge in [-0.1, -0.05) is 0 Å². The fourth-order valence-electron chi connectivity index (χ4n) is 2.08. The number of hydrogen-bond donors (Lipinski definition) is 2. The largest absolute Gasteiger partial charge is 0.459 e. The number of amides is 2. The number of thiophene rings is 1. The molecule has 1 aromatic carbocycles. The molecule has 0 aliphatic heterocycles. The Hall–Kier alpha value is -3.53. The van der Waals surface area contributed by atoms with Crippen LogP contribution in [0.2, 0.25) is 0 Å². The Balaban J connectivity index is 1.51. The minimum atomic E-state index is -0.949. The van der Waals surface area contributed by atoms with Crippen molar-refractivity contribution in [2.45, 2.75) is 0 Å². The van der Waals surface area contributed by atoms with Crippen LogP contribution in [0.3, 0.4) is 0 Å². The van der Waals surface area contributed by atoms with Gasteiger partial charge in [0, 0.05) is 6.07 Å². The van der Waals surface area contributed by atoms with E-state index in [0.717, 1.165) is 23.5 Å². The maximum atomic E-state index is 13.5. The van der Waals surface area contributed by atoms with Crippen LogP contribution in [-0.4, -0.2) is 24.4 Å². The molecule has 0 aliphatic carbocycles. The highest BCUT2D eigenvalue weighted by molar-refractivity contribution is 7.18. The zero-order valence-electron chi connectivity index (χ0n) is 14.0. The number of ether oxygens (including phenoxy) is 1. The molecule has 0 radical (unpaired) electrons. The Kier molecular flexibility index (Phi) is 5.80. The molecule has 2 aromatic heterocycles. The number of benzene rings is 1. The molecule has 144 valence electrons. The molecule has 0 bridgehead atoms. The molecule has 0 spiro atoms. The van der Waals surface area contributed by atoms with Crippen molar-refractivity contribution in [3.63, 3.8) is 0 Å². The van der Waals surface area contributed by atoms with Gasteiger partial charge in [-0.2, -0.15) is 0 Å². The number of anilines is 2. The highest BCUT2D eigenvalue weighted by Crippen LogP contribution is 2.23. The third-order valence-corrected chi connectivity index (χ3v) is 4.31. The number of hydrogen-bond acceptors (Lipinski definition) is 6. The lowest BCUT2D eigenvalue weighted by Crippen LogP contribution is -2.21. The molecule has 3 aromatic rings. The number of esters is 1. The predicted octanol–water partition coefficient (Wildman–Crippen LogP) is 3.67. The van der Waals surface area contributed by atoms with Crippen molar-refractivity contribution < 1.29 is 32.3 Å². The number of nitrogens with one attached hydrogen (secondary N) is 2. The van der Waals surface area contributed by atoms with Gasteiger partial charge in [-0.05, 0) is 36.4 Å². The molecule has 0 unspecified atom stereocenters. The van der Waals surface area contributed by atoms with Gasteiger partial charge >= 0.3 is 5.97 Å². The average Bonchev–Trinajstić information content (AvgIpc) is 3.34. The predicted molar refractivity (Wildman–Crippen MR) is 96.3 cm³/mol. The van der Waals surface area contributed by atoms with Crippen LogP contribution in [0.4, 0.5) is 19.5 Å². The van der Waals surface area contributed by atoms with E-state index in [-0.39, 0.29) is 16.3 Å².